The van der Waals surface area contributed by atoms with Gasteiger partial charge in [0.1, 0.15) is 0 Å². The summed E-state index contributed by atoms with van der Waals surface area (Å²) in [6.07, 6.45) is 3.12. The maximum absolute atomic E-state index is 10.5. The number of furan rings is 1. The third-order valence-electron chi connectivity index (χ3n) is 1.60. The molecule has 0 radical (unpaired) electrons. The fourth-order valence-electron chi connectivity index (χ4n) is 0.999. The number of rotatable bonds is 2. The highest BCUT2D eigenvalue weighted by Crippen LogP contribution is 2.17. The second-order valence-corrected chi connectivity index (χ2v) is 2.54. The quantitative estimate of drug-likeness (QED) is 0.775. The van der Waals surface area contributed by atoms with Crippen LogP contribution < -0.4 is 0 Å². The lowest BCUT2D eigenvalue weighted by Crippen LogP contribution is -1.91. The van der Waals surface area contributed by atoms with Crippen LogP contribution in [0.5, 0.6) is 0 Å². The molecule has 70 valence electrons. The summed E-state index contributed by atoms with van der Waals surface area (Å²) in [7, 11) is 0. The average molecular weight is 190 g/mol. The first-order valence-corrected chi connectivity index (χ1v) is 3.88. The van der Waals surface area contributed by atoms with Gasteiger partial charge in [-0.05, 0) is 18.2 Å². The van der Waals surface area contributed by atoms with Gasteiger partial charge in [0.15, 0.2) is 11.6 Å². The van der Waals surface area contributed by atoms with Gasteiger partial charge in [-0.3, -0.25) is 0 Å². The van der Waals surface area contributed by atoms with E-state index in [1.165, 1.54) is 12.1 Å². The molecule has 0 saturated heterocycles. The number of carboxylic acids is 1. The Kier molecular flexibility index (Phi) is 1.98. The molecule has 2 heterocycles. The molecule has 5 nitrogen and oxygen atoms in total. The van der Waals surface area contributed by atoms with Gasteiger partial charge in [0.25, 0.3) is 0 Å². The number of nitrogens with zero attached hydrogens (tertiary/aromatic N) is 2. The Balaban J connectivity index is 2.39. The number of aromatic carboxylic acids is 1. The van der Waals surface area contributed by atoms with Crippen molar-refractivity contribution in [2.24, 2.45) is 0 Å². The molecule has 2 aromatic rings. The molecule has 2 rings (SSSR count). The molecule has 0 atom stereocenters. The molecule has 0 unspecified atom stereocenters. The minimum atomic E-state index is -1.10. The number of carbonyl (C=O) groups is 1. The first-order chi connectivity index (χ1) is 6.77. The predicted molar refractivity (Wildman–Crippen MR) is 46.7 cm³/mol. The maximum Gasteiger partial charge on any atom is 0.371 e. The molecule has 2 aromatic heterocycles. The largest absolute Gasteiger partial charge is 0.475 e. The molecule has 0 bridgehead atoms. The maximum atomic E-state index is 10.5. The van der Waals surface area contributed by atoms with Gasteiger partial charge < -0.3 is 9.52 Å². The van der Waals surface area contributed by atoms with Crippen molar-refractivity contribution in [2.45, 2.75) is 0 Å². The summed E-state index contributed by atoms with van der Waals surface area (Å²) < 4.78 is 5.01. The second kappa shape index (κ2) is 3.29. The van der Waals surface area contributed by atoms with Crippen molar-refractivity contribution in [1.82, 2.24) is 9.97 Å². The van der Waals surface area contributed by atoms with Gasteiger partial charge in [0, 0.05) is 12.4 Å². The van der Waals surface area contributed by atoms with E-state index in [-0.39, 0.29) is 5.76 Å². The van der Waals surface area contributed by atoms with Gasteiger partial charge in [-0.25, -0.2) is 14.8 Å². The number of carboxylic acid groups (broad SMARTS) is 1. The van der Waals surface area contributed by atoms with Crippen LogP contribution in [0.15, 0.2) is 35.0 Å². The molecule has 0 fully saturated rings. The van der Waals surface area contributed by atoms with Crippen LogP contribution in [0.3, 0.4) is 0 Å². The van der Waals surface area contributed by atoms with Crippen molar-refractivity contribution in [2.75, 3.05) is 0 Å². The van der Waals surface area contributed by atoms with Crippen molar-refractivity contribution < 1.29 is 14.3 Å². The van der Waals surface area contributed by atoms with Crippen LogP contribution in [0.2, 0.25) is 0 Å². The molecule has 0 aliphatic rings. The van der Waals surface area contributed by atoms with Crippen molar-refractivity contribution in [3.8, 4) is 11.6 Å². The zero-order chi connectivity index (χ0) is 9.97. The van der Waals surface area contributed by atoms with E-state index < -0.39 is 5.97 Å². The van der Waals surface area contributed by atoms with Gasteiger partial charge in [0.2, 0.25) is 5.76 Å². The zero-order valence-electron chi connectivity index (χ0n) is 7.04. The van der Waals surface area contributed by atoms with Gasteiger partial charge >= 0.3 is 5.97 Å². The topological polar surface area (TPSA) is 76.2 Å². The first kappa shape index (κ1) is 8.43. The summed E-state index contributed by atoms with van der Waals surface area (Å²) in [6.45, 7) is 0. The molecule has 1 N–H and O–H groups in total. The molecule has 14 heavy (non-hydrogen) atoms. The number of aromatic nitrogens is 2. The number of hydrogen-bond acceptors (Lipinski definition) is 4. The average Bonchev–Trinajstić information content (AvgIpc) is 2.68. The normalized spacial score (nSPS) is 10.0. The summed E-state index contributed by atoms with van der Waals surface area (Å²) in [5.74, 6) is -0.498. The minimum Gasteiger partial charge on any atom is -0.475 e. The Morgan fingerprint density at radius 3 is 2.57 bits per heavy atom. The minimum absolute atomic E-state index is 0.118. The monoisotopic (exact) mass is 190 g/mol. The van der Waals surface area contributed by atoms with Crippen LogP contribution in [0.1, 0.15) is 10.6 Å². The molecule has 0 amide bonds. The fraction of sp³-hybridized carbons (Fsp3) is 0. The van der Waals surface area contributed by atoms with Crippen LogP contribution in [0.25, 0.3) is 11.6 Å². The smallest absolute Gasteiger partial charge is 0.371 e. The Labute approximate surface area is 79.0 Å². The van der Waals surface area contributed by atoms with Gasteiger partial charge in [0.05, 0.1) is 0 Å². The Hall–Kier alpha value is -2.17. The molecule has 0 aromatic carbocycles. The van der Waals surface area contributed by atoms with Crippen LogP contribution in [0, 0.1) is 0 Å². The van der Waals surface area contributed by atoms with E-state index in [0.29, 0.717) is 11.6 Å². The fourth-order valence-corrected chi connectivity index (χ4v) is 0.999. The highest BCUT2D eigenvalue weighted by Gasteiger charge is 2.11. The molecular formula is C9H6N2O3. The lowest BCUT2D eigenvalue weighted by molar-refractivity contribution is 0.0663. The summed E-state index contributed by atoms with van der Waals surface area (Å²) in [5.41, 5.74) is 0. The SMILES string of the molecule is O=C(O)c1ccc(-c2ncccn2)o1. The summed E-state index contributed by atoms with van der Waals surface area (Å²) in [4.78, 5) is 18.4. The van der Waals surface area contributed by atoms with Crippen LogP contribution in [-0.4, -0.2) is 21.0 Å². The predicted octanol–water partition coefficient (Wildman–Crippen LogP) is 1.43. The van der Waals surface area contributed by atoms with Gasteiger partial charge in [-0.15, -0.1) is 0 Å². The van der Waals surface area contributed by atoms with E-state index >= 15 is 0 Å². The van der Waals surface area contributed by atoms with E-state index in [9.17, 15) is 4.79 Å². The summed E-state index contributed by atoms with van der Waals surface area (Å²) in [6, 6.07) is 4.57. The van der Waals surface area contributed by atoms with Crippen molar-refractivity contribution in [1.29, 1.82) is 0 Å². The third kappa shape index (κ3) is 1.47. The van der Waals surface area contributed by atoms with Crippen molar-refractivity contribution in [3.63, 3.8) is 0 Å². The van der Waals surface area contributed by atoms with E-state index in [1.54, 1.807) is 18.5 Å². The van der Waals surface area contributed by atoms with Crippen LogP contribution >= 0.6 is 0 Å². The van der Waals surface area contributed by atoms with Crippen molar-refractivity contribution in [3.05, 3.63) is 36.4 Å². The highest BCUT2D eigenvalue weighted by molar-refractivity contribution is 5.84. The standard InChI is InChI=1S/C9H6N2O3/c12-9(13)7-3-2-6(14-7)8-10-4-1-5-11-8/h1-5H,(H,12,13). The third-order valence-corrected chi connectivity index (χ3v) is 1.60. The number of hydrogen-bond donors (Lipinski definition) is 1. The Morgan fingerprint density at radius 1 is 1.29 bits per heavy atom. The van der Waals surface area contributed by atoms with Crippen molar-refractivity contribution >= 4 is 5.97 Å². The van der Waals surface area contributed by atoms with Crippen LogP contribution in [0.4, 0.5) is 0 Å². The van der Waals surface area contributed by atoms with E-state index in [0.717, 1.165) is 0 Å². The molecule has 0 aliphatic carbocycles. The lowest BCUT2D eigenvalue weighted by atomic mass is 10.4. The van der Waals surface area contributed by atoms with E-state index in [4.69, 9.17) is 9.52 Å². The Morgan fingerprint density at radius 2 is 2.00 bits per heavy atom. The van der Waals surface area contributed by atoms with Gasteiger partial charge in [-0.1, -0.05) is 0 Å². The van der Waals surface area contributed by atoms with Crippen LogP contribution in [-0.2, 0) is 0 Å². The highest BCUT2D eigenvalue weighted by atomic mass is 16.4. The first-order valence-electron chi connectivity index (χ1n) is 3.88. The summed E-state index contributed by atoms with van der Waals surface area (Å²) in [5, 5.41) is 8.61. The van der Waals surface area contributed by atoms with Gasteiger partial charge in [-0.2, -0.15) is 0 Å². The molecule has 0 spiro atoms. The molecular weight excluding hydrogens is 184 g/mol. The van der Waals surface area contributed by atoms with E-state index in [2.05, 4.69) is 9.97 Å². The lowest BCUT2D eigenvalue weighted by Gasteiger charge is -1.92. The second-order valence-electron chi connectivity index (χ2n) is 2.54. The summed E-state index contributed by atoms with van der Waals surface area (Å²) >= 11 is 0. The zero-order valence-corrected chi connectivity index (χ0v) is 7.04. The Bertz CT molecular complexity index is 450. The van der Waals surface area contributed by atoms with E-state index in [1.807, 2.05) is 0 Å². The molecule has 0 aliphatic heterocycles. The molecule has 5 heteroatoms. The molecule has 0 saturated carbocycles.